The molecule has 0 unspecified atom stereocenters. The summed E-state index contributed by atoms with van der Waals surface area (Å²) < 4.78 is 15.6. The summed E-state index contributed by atoms with van der Waals surface area (Å²) in [5.74, 6) is 0.138. The Bertz CT molecular complexity index is 450. The Hall–Kier alpha value is -1.37. The summed E-state index contributed by atoms with van der Waals surface area (Å²) in [4.78, 5) is 24.7. The van der Waals surface area contributed by atoms with Crippen LogP contribution in [0.15, 0.2) is 0 Å². The number of carboxylic acid groups (broad SMARTS) is 1. The van der Waals surface area contributed by atoms with E-state index in [0.717, 1.165) is 12.5 Å². The van der Waals surface area contributed by atoms with Crippen LogP contribution in [0.1, 0.15) is 93.4 Å². The van der Waals surface area contributed by atoms with E-state index in [1.807, 2.05) is 27.7 Å². The Morgan fingerprint density at radius 1 is 1.13 bits per heavy atom. The highest BCUT2D eigenvalue weighted by atomic mass is 19.1. The van der Waals surface area contributed by atoms with E-state index in [1.54, 1.807) is 4.90 Å². The lowest BCUT2D eigenvalue weighted by Crippen LogP contribution is -2.47. The van der Waals surface area contributed by atoms with Gasteiger partial charge in [0.15, 0.2) is 0 Å². The maximum absolute atomic E-state index is 11.8. The van der Waals surface area contributed by atoms with Crippen LogP contribution >= 0.6 is 0 Å². The summed E-state index contributed by atoms with van der Waals surface area (Å²) in [6, 6.07) is 0. The molecule has 7 heteroatoms. The van der Waals surface area contributed by atoms with Crippen LogP contribution in [-0.4, -0.2) is 54.0 Å². The van der Waals surface area contributed by atoms with Crippen LogP contribution in [0, 0.1) is 11.3 Å². The lowest BCUT2D eigenvalue weighted by molar-refractivity contribution is -0.152. The number of carboxylic acids is 1. The second-order valence-corrected chi connectivity index (χ2v) is 8.91. The van der Waals surface area contributed by atoms with Gasteiger partial charge >= 0.3 is 12.1 Å². The molecular weight excluding hydrogens is 387 g/mol. The minimum Gasteiger partial charge on any atom is -0.481 e. The molecule has 0 spiro atoms. The van der Waals surface area contributed by atoms with Crippen molar-refractivity contribution in [3.05, 3.63) is 0 Å². The van der Waals surface area contributed by atoms with Gasteiger partial charge < -0.3 is 20.5 Å². The van der Waals surface area contributed by atoms with E-state index in [-0.39, 0.29) is 12.8 Å². The molecule has 3 N–H and O–H groups in total. The largest absolute Gasteiger partial charge is 0.481 e. The molecule has 1 aliphatic carbocycles. The van der Waals surface area contributed by atoms with Gasteiger partial charge in [0.25, 0.3) is 0 Å². The predicted molar refractivity (Wildman–Crippen MR) is 121 cm³/mol. The molecule has 2 aliphatic rings. The average Bonchev–Trinajstić information content (AvgIpc) is 2.61. The molecule has 0 aromatic rings. The van der Waals surface area contributed by atoms with Crippen molar-refractivity contribution in [3.8, 4) is 0 Å². The van der Waals surface area contributed by atoms with Crippen LogP contribution in [0.2, 0.25) is 0 Å². The van der Waals surface area contributed by atoms with Gasteiger partial charge in [-0.2, -0.15) is 0 Å². The third kappa shape index (κ3) is 13.0. The maximum atomic E-state index is 11.8. The lowest BCUT2D eigenvalue weighted by Gasteiger charge is -2.38. The summed E-state index contributed by atoms with van der Waals surface area (Å²) in [6.45, 7) is 14.6. The number of halogens is 1. The molecule has 0 atom stereocenters. The second kappa shape index (κ2) is 16.3. The number of hydrogen-bond donors (Lipinski definition) is 2. The Balaban J connectivity index is 0. The molecule has 0 radical (unpaired) electrons. The fourth-order valence-electron chi connectivity index (χ4n) is 2.89. The summed E-state index contributed by atoms with van der Waals surface area (Å²) in [7, 11) is 0. The van der Waals surface area contributed by atoms with Crippen molar-refractivity contribution in [1.29, 1.82) is 0 Å². The molecule has 1 aliphatic heterocycles. The van der Waals surface area contributed by atoms with Crippen molar-refractivity contribution in [2.75, 3.05) is 26.3 Å². The number of carbonyl (C=O) groups excluding carboxylic acids is 1. The van der Waals surface area contributed by atoms with E-state index in [0.29, 0.717) is 32.4 Å². The van der Waals surface area contributed by atoms with Crippen molar-refractivity contribution in [3.63, 3.8) is 0 Å². The Morgan fingerprint density at radius 3 is 1.77 bits per heavy atom. The normalized spacial score (nSPS) is 17.6. The van der Waals surface area contributed by atoms with Gasteiger partial charge in [0.1, 0.15) is 5.60 Å². The number of hydrogen-bond acceptors (Lipinski definition) is 4. The number of nitrogens with zero attached hydrogens (tertiary/aromatic N) is 1. The Kier molecular flexibility index (Phi) is 16.8. The van der Waals surface area contributed by atoms with E-state index in [4.69, 9.17) is 10.5 Å². The van der Waals surface area contributed by atoms with Gasteiger partial charge in [-0.15, -0.1) is 0 Å². The van der Waals surface area contributed by atoms with Crippen LogP contribution in [-0.2, 0) is 9.53 Å². The monoisotopic (exact) mass is 434 g/mol. The average molecular weight is 435 g/mol. The number of alkyl halides is 1. The lowest BCUT2D eigenvalue weighted by atomic mass is 9.76. The minimum absolute atomic E-state index is 0.250. The Labute approximate surface area is 183 Å². The number of rotatable bonds is 3. The van der Waals surface area contributed by atoms with Crippen molar-refractivity contribution in [2.24, 2.45) is 17.1 Å². The van der Waals surface area contributed by atoms with E-state index in [2.05, 4.69) is 13.8 Å². The van der Waals surface area contributed by atoms with Crippen molar-refractivity contribution >= 4 is 12.1 Å². The van der Waals surface area contributed by atoms with Crippen LogP contribution < -0.4 is 5.73 Å². The first-order valence-corrected chi connectivity index (χ1v) is 11.4. The van der Waals surface area contributed by atoms with Crippen LogP contribution in [0.4, 0.5) is 9.18 Å². The summed E-state index contributed by atoms with van der Waals surface area (Å²) >= 11 is 0. The fourth-order valence-corrected chi connectivity index (χ4v) is 2.89. The highest BCUT2D eigenvalue weighted by Gasteiger charge is 2.41. The fraction of sp³-hybridized carbons (Fsp3) is 0.913. The smallest absolute Gasteiger partial charge is 0.410 e. The number of nitrogens with two attached hydrogens (primary N) is 1. The molecular formula is C23H47FN2O4. The zero-order valence-electron chi connectivity index (χ0n) is 20.4. The molecule has 0 bridgehead atoms. The van der Waals surface area contributed by atoms with Gasteiger partial charge in [-0.05, 0) is 72.3 Å². The first-order chi connectivity index (χ1) is 14.0. The number of carbonyl (C=O) groups is 2. The van der Waals surface area contributed by atoms with Crippen molar-refractivity contribution < 1.29 is 23.8 Å². The van der Waals surface area contributed by atoms with Gasteiger partial charge in [-0.1, -0.05) is 33.6 Å². The van der Waals surface area contributed by atoms with Crippen LogP contribution in [0.5, 0.6) is 0 Å². The summed E-state index contributed by atoms with van der Waals surface area (Å²) in [5.41, 5.74) is 4.15. The minimum atomic E-state index is -0.756. The van der Waals surface area contributed by atoms with E-state index in [9.17, 15) is 19.1 Å². The third-order valence-corrected chi connectivity index (χ3v) is 5.06. The van der Waals surface area contributed by atoms with Gasteiger partial charge in [-0.25, -0.2) is 4.79 Å². The zero-order valence-corrected chi connectivity index (χ0v) is 20.4. The molecule has 1 saturated heterocycles. The predicted octanol–water partition coefficient (Wildman–Crippen LogP) is 5.64. The zero-order chi connectivity index (χ0) is 23.8. The first-order valence-electron chi connectivity index (χ1n) is 11.4. The first kappa shape index (κ1) is 30.8. The van der Waals surface area contributed by atoms with E-state index in [1.165, 1.54) is 32.6 Å². The van der Waals surface area contributed by atoms with E-state index >= 15 is 0 Å². The molecule has 0 aromatic carbocycles. The SMILES string of the molecule is CCC.CCC1(C(=O)O)CCN(C(=O)OC(C)(C)C)CC1.CCF.NCC1CCC1. The summed E-state index contributed by atoms with van der Waals surface area (Å²) in [6.07, 6.45) is 6.69. The molecule has 2 fully saturated rings. The Morgan fingerprint density at radius 2 is 1.57 bits per heavy atom. The molecule has 1 heterocycles. The number of likely N-dealkylation sites (tertiary alicyclic amines) is 1. The van der Waals surface area contributed by atoms with Crippen LogP contribution in [0.25, 0.3) is 0 Å². The third-order valence-electron chi connectivity index (χ3n) is 5.06. The summed E-state index contributed by atoms with van der Waals surface area (Å²) in [5, 5.41) is 9.27. The van der Waals surface area contributed by atoms with Gasteiger partial charge in [0.2, 0.25) is 0 Å². The molecule has 0 aromatic heterocycles. The van der Waals surface area contributed by atoms with Crippen LogP contribution in [0.3, 0.4) is 0 Å². The molecule has 30 heavy (non-hydrogen) atoms. The molecule has 180 valence electrons. The van der Waals surface area contributed by atoms with Gasteiger partial charge in [0.05, 0.1) is 12.1 Å². The molecule has 2 rings (SSSR count). The van der Waals surface area contributed by atoms with Gasteiger partial charge in [0, 0.05) is 13.1 Å². The number of amides is 1. The second-order valence-electron chi connectivity index (χ2n) is 8.91. The molecule has 1 amide bonds. The standard InChI is InChI=1S/C13H23NO4.C5H11N.C3H8.C2H5F/c1-5-13(10(15)16)6-8-14(9-7-13)11(17)18-12(2,3)4;6-4-5-2-1-3-5;1-3-2;1-2-3/h5-9H2,1-4H3,(H,15,16);5H,1-4,6H2;3H2,1-2H3;2H2,1H3. The maximum Gasteiger partial charge on any atom is 0.410 e. The topological polar surface area (TPSA) is 92.9 Å². The van der Waals surface area contributed by atoms with Crippen molar-refractivity contribution in [2.45, 2.75) is 99.0 Å². The van der Waals surface area contributed by atoms with E-state index < -0.39 is 17.0 Å². The number of piperidine rings is 1. The number of ether oxygens (including phenoxy) is 1. The molecule has 6 nitrogen and oxygen atoms in total. The quantitative estimate of drug-likeness (QED) is 0.600. The van der Waals surface area contributed by atoms with Crippen molar-refractivity contribution in [1.82, 2.24) is 4.90 Å². The highest BCUT2D eigenvalue weighted by molar-refractivity contribution is 5.75. The van der Waals surface area contributed by atoms with Gasteiger partial charge in [-0.3, -0.25) is 9.18 Å². The number of aliphatic carboxylic acids is 1. The molecule has 1 saturated carbocycles. The highest BCUT2D eigenvalue weighted by Crippen LogP contribution is 2.35.